The van der Waals surface area contributed by atoms with Crippen molar-refractivity contribution in [2.24, 2.45) is 0 Å². The van der Waals surface area contributed by atoms with E-state index >= 15 is 0 Å². The van der Waals surface area contributed by atoms with Gasteiger partial charge in [-0.1, -0.05) is 0 Å². The highest BCUT2D eigenvalue weighted by molar-refractivity contribution is 5.62. The summed E-state index contributed by atoms with van der Waals surface area (Å²) in [6.07, 6.45) is 4.08. The number of hydrogen-bond donors (Lipinski definition) is 0. The summed E-state index contributed by atoms with van der Waals surface area (Å²) in [4.78, 5) is 17.1. The number of benzene rings is 1. The van der Waals surface area contributed by atoms with E-state index in [1.165, 1.54) is 24.5 Å². The number of hydrogen-bond acceptors (Lipinski definition) is 5. The highest BCUT2D eigenvalue weighted by Gasteiger charge is 2.30. The summed E-state index contributed by atoms with van der Waals surface area (Å²) in [5, 5.41) is 0. The van der Waals surface area contributed by atoms with Crippen molar-refractivity contribution in [2.75, 3.05) is 0 Å². The molecule has 3 aromatic rings. The van der Waals surface area contributed by atoms with Crippen LogP contribution < -0.4 is 4.74 Å². The standard InChI is InChI=1S/C18H13F3N4O/c19-18(20,21)13-3-5-14(6-4-13)26-17-15(22-7-8-23-17)12-9-24-16(25-10-12)11-1-2-11/h3-11H,1-2H2. The van der Waals surface area contributed by atoms with E-state index in [0.29, 0.717) is 17.2 Å². The summed E-state index contributed by atoms with van der Waals surface area (Å²) < 4.78 is 43.6. The lowest BCUT2D eigenvalue weighted by molar-refractivity contribution is -0.137. The topological polar surface area (TPSA) is 60.8 Å². The van der Waals surface area contributed by atoms with E-state index in [1.54, 1.807) is 12.4 Å². The van der Waals surface area contributed by atoms with Gasteiger partial charge < -0.3 is 4.74 Å². The summed E-state index contributed by atoms with van der Waals surface area (Å²) in [5.74, 6) is 1.65. The van der Waals surface area contributed by atoms with E-state index in [-0.39, 0.29) is 11.6 Å². The average molecular weight is 358 g/mol. The number of aromatic nitrogens is 4. The Hall–Kier alpha value is -3.03. The van der Waals surface area contributed by atoms with Crippen LogP contribution in [0.15, 0.2) is 49.1 Å². The zero-order chi connectivity index (χ0) is 18.1. The molecule has 0 aliphatic heterocycles. The molecule has 0 atom stereocenters. The molecule has 1 aliphatic carbocycles. The summed E-state index contributed by atoms with van der Waals surface area (Å²) in [5.41, 5.74) is 0.312. The zero-order valence-electron chi connectivity index (χ0n) is 13.4. The SMILES string of the molecule is FC(F)(F)c1ccc(Oc2nccnc2-c2cnc(C3CC3)nc2)cc1. The van der Waals surface area contributed by atoms with E-state index in [0.717, 1.165) is 30.8 Å². The smallest absolute Gasteiger partial charge is 0.416 e. The molecule has 0 unspecified atom stereocenters. The molecular weight excluding hydrogens is 345 g/mol. The molecule has 26 heavy (non-hydrogen) atoms. The fraction of sp³-hybridized carbons (Fsp3) is 0.222. The van der Waals surface area contributed by atoms with Gasteiger partial charge in [0.2, 0.25) is 5.88 Å². The molecule has 132 valence electrons. The fourth-order valence-electron chi connectivity index (χ4n) is 2.43. The second-order valence-electron chi connectivity index (χ2n) is 5.94. The lowest BCUT2D eigenvalue weighted by Crippen LogP contribution is -2.04. The van der Waals surface area contributed by atoms with Crippen molar-refractivity contribution in [2.45, 2.75) is 24.9 Å². The second-order valence-corrected chi connectivity index (χ2v) is 5.94. The van der Waals surface area contributed by atoms with Gasteiger partial charge in [-0.3, -0.25) is 0 Å². The first-order chi connectivity index (χ1) is 12.5. The molecule has 0 saturated heterocycles. The van der Waals surface area contributed by atoms with Crippen LogP contribution in [0.3, 0.4) is 0 Å². The first-order valence-corrected chi connectivity index (χ1v) is 7.99. The number of alkyl halides is 3. The third kappa shape index (κ3) is 3.49. The Morgan fingerprint density at radius 2 is 1.54 bits per heavy atom. The predicted molar refractivity (Wildman–Crippen MR) is 86.6 cm³/mol. The highest BCUT2D eigenvalue weighted by atomic mass is 19.4. The predicted octanol–water partition coefficient (Wildman–Crippen LogP) is 4.62. The lowest BCUT2D eigenvalue weighted by Gasteiger charge is -2.10. The van der Waals surface area contributed by atoms with E-state index in [2.05, 4.69) is 19.9 Å². The average Bonchev–Trinajstić information content (AvgIpc) is 3.47. The second kappa shape index (κ2) is 6.36. The molecule has 4 rings (SSSR count). The molecule has 0 N–H and O–H groups in total. The van der Waals surface area contributed by atoms with Crippen molar-refractivity contribution >= 4 is 0 Å². The minimum atomic E-state index is -4.39. The van der Waals surface area contributed by atoms with E-state index in [1.807, 2.05) is 0 Å². The van der Waals surface area contributed by atoms with Crippen LogP contribution in [0.25, 0.3) is 11.3 Å². The van der Waals surface area contributed by atoms with Gasteiger partial charge >= 0.3 is 6.18 Å². The van der Waals surface area contributed by atoms with Crippen LogP contribution in [-0.2, 0) is 6.18 Å². The van der Waals surface area contributed by atoms with Gasteiger partial charge in [0.25, 0.3) is 0 Å². The molecule has 1 saturated carbocycles. The molecule has 2 heterocycles. The van der Waals surface area contributed by atoms with Crippen LogP contribution in [0.5, 0.6) is 11.6 Å². The Balaban J connectivity index is 1.59. The first-order valence-electron chi connectivity index (χ1n) is 7.99. The van der Waals surface area contributed by atoms with Crippen LogP contribution in [-0.4, -0.2) is 19.9 Å². The molecule has 1 aromatic carbocycles. The van der Waals surface area contributed by atoms with Gasteiger partial charge in [0.1, 0.15) is 17.3 Å². The van der Waals surface area contributed by atoms with Crippen molar-refractivity contribution in [1.82, 2.24) is 19.9 Å². The van der Waals surface area contributed by atoms with Gasteiger partial charge in [0.15, 0.2) is 0 Å². The lowest BCUT2D eigenvalue weighted by atomic mass is 10.2. The van der Waals surface area contributed by atoms with Crippen LogP contribution in [0.2, 0.25) is 0 Å². The Kier molecular flexibility index (Phi) is 4.02. The minimum Gasteiger partial charge on any atom is -0.437 e. The quantitative estimate of drug-likeness (QED) is 0.681. The van der Waals surface area contributed by atoms with Gasteiger partial charge in [-0.25, -0.2) is 19.9 Å². The van der Waals surface area contributed by atoms with Gasteiger partial charge in [0, 0.05) is 36.3 Å². The largest absolute Gasteiger partial charge is 0.437 e. The molecule has 8 heteroatoms. The van der Waals surface area contributed by atoms with Crippen LogP contribution in [0, 0.1) is 0 Å². The van der Waals surface area contributed by atoms with Crippen LogP contribution in [0.1, 0.15) is 30.1 Å². The summed E-state index contributed by atoms with van der Waals surface area (Å²) >= 11 is 0. The summed E-state index contributed by atoms with van der Waals surface area (Å²) in [6, 6.07) is 4.40. The zero-order valence-corrected chi connectivity index (χ0v) is 13.4. The van der Waals surface area contributed by atoms with E-state index < -0.39 is 11.7 Å². The van der Waals surface area contributed by atoms with Gasteiger partial charge in [0.05, 0.1) is 5.56 Å². The van der Waals surface area contributed by atoms with Crippen molar-refractivity contribution in [1.29, 1.82) is 0 Å². The van der Waals surface area contributed by atoms with Crippen molar-refractivity contribution in [3.05, 3.63) is 60.4 Å². The number of halogens is 3. The third-order valence-corrected chi connectivity index (χ3v) is 3.95. The van der Waals surface area contributed by atoms with Gasteiger partial charge in [-0.05, 0) is 37.1 Å². The van der Waals surface area contributed by atoms with Crippen LogP contribution in [0.4, 0.5) is 13.2 Å². The Morgan fingerprint density at radius 3 is 2.15 bits per heavy atom. The van der Waals surface area contributed by atoms with Gasteiger partial charge in [-0.15, -0.1) is 0 Å². The molecule has 0 amide bonds. The normalized spacial score (nSPS) is 14.3. The molecule has 0 spiro atoms. The number of ether oxygens (including phenoxy) is 1. The maximum atomic E-state index is 12.6. The Labute approximate surface area is 146 Å². The monoisotopic (exact) mass is 358 g/mol. The van der Waals surface area contributed by atoms with E-state index in [4.69, 9.17) is 4.74 Å². The molecule has 0 bridgehead atoms. The maximum absolute atomic E-state index is 12.6. The molecular formula is C18H13F3N4O. The molecule has 2 aromatic heterocycles. The number of rotatable bonds is 4. The van der Waals surface area contributed by atoms with E-state index in [9.17, 15) is 13.2 Å². The fourth-order valence-corrected chi connectivity index (χ4v) is 2.43. The summed E-state index contributed by atoms with van der Waals surface area (Å²) in [7, 11) is 0. The van der Waals surface area contributed by atoms with Crippen molar-refractivity contribution in [3.63, 3.8) is 0 Å². The highest BCUT2D eigenvalue weighted by Crippen LogP contribution is 2.38. The number of nitrogens with zero attached hydrogens (tertiary/aromatic N) is 4. The van der Waals surface area contributed by atoms with Crippen molar-refractivity contribution in [3.8, 4) is 22.9 Å². The van der Waals surface area contributed by atoms with Crippen molar-refractivity contribution < 1.29 is 17.9 Å². The van der Waals surface area contributed by atoms with Gasteiger partial charge in [-0.2, -0.15) is 13.2 Å². The molecule has 5 nitrogen and oxygen atoms in total. The Morgan fingerprint density at radius 1 is 0.885 bits per heavy atom. The first kappa shape index (κ1) is 16.4. The molecule has 1 fully saturated rings. The molecule has 1 aliphatic rings. The molecule has 0 radical (unpaired) electrons. The summed E-state index contributed by atoms with van der Waals surface area (Å²) in [6.45, 7) is 0. The maximum Gasteiger partial charge on any atom is 0.416 e. The van der Waals surface area contributed by atoms with Crippen LogP contribution >= 0.6 is 0 Å². The Bertz CT molecular complexity index is 907. The third-order valence-electron chi connectivity index (χ3n) is 3.95. The minimum absolute atomic E-state index is 0.176.